The minimum absolute atomic E-state index is 0.0827. The molecule has 1 fully saturated rings. The molecule has 0 bridgehead atoms. The summed E-state index contributed by atoms with van der Waals surface area (Å²) < 4.78 is 0. The molecule has 1 N–H and O–H groups in total. The molecular weight excluding hydrogens is 318 g/mol. The van der Waals surface area contributed by atoms with E-state index in [0.717, 1.165) is 31.4 Å². The Bertz CT molecular complexity index is 691. The molecule has 2 heteroatoms. The van der Waals surface area contributed by atoms with Crippen molar-refractivity contribution in [2.75, 3.05) is 6.54 Å². The largest absolute Gasteiger partial charge is 0.385 e. The highest BCUT2D eigenvalue weighted by Gasteiger charge is 2.54. The van der Waals surface area contributed by atoms with E-state index in [4.69, 9.17) is 0 Å². The maximum atomic E-state index is 11.9. The maximum Gasteiger partial charge on any atom is 0.0955 e. The van der Waals surface area contributed by atoms with Crippen LogP contribution < -0.4 is 0 Å². The van der Waals surface area contributed by atoms with E-state index >= 15 is 0 Å². The lowest BCUT2D eigenvalue weighted by atomic mass is 9.66. The molecule has 140 valence electrons. The number of rotatable bonds is 6. The zero-order chi connectivity index (χ0) is 18.8. The third kappa shape index (κ3) is 3.58. The summed E-state index contributed by atoms with van der Waals surface area (Å²) in [4.78, 5) is 2.53. The standard InChI is InChI=1S/C24H33NO/c1-5-6-17-24(26,20-15-11-8-12-16-20)21-18-25(23(2,3)4)22(21)19-13-9-7-10-14-19/h7-16,21-22,26H,5-6,17-18H2,1-4H3. The second kappa shape index (κ2) is 7.54. The molecule has 1 heterocycles. The second-order valence-corrected chi connectivity index (χ2v) is 8.68. The van der Waals surface area contributed by atoms with E-state index in [0.29, 0.717) is 0 Å². The molecule has 3 unspecified atom stereocenters. The number of aliphatic hydroxyl groups is 1. The van der Waals surface area contributed by atoms with Crippen LogP contribution in [0.4, 0.5) is 0 Å². The fraction of sp³-hybridized carbons (Fsp3) is 0.500. The number of benzene rings is 2. The van der Waals surface area contributed by atoms with Gasteiger partial charge >= 0.3 is 0 Å². The van der Waals surface area contributed by atoms with Crippen LogP contribution in [0.2, 0.25) is 0 Å². The molecule has 3 rings (SSSR count). The van der Waals surface area contributed by atoms with Crippen molar-refractivity contribution in [2.45, 2.75) is 64.1 Å². The molecule has 3 atom stereocenters. The quantitative estimate of drug-likeness (QED) is 0.739. The summed E-state index contributed by atoms with van der Waals surface area (Å²) >= 11 is 0. The summed E-state index contributed by atoms with van der Waals surface area (Å²) in [5.41, 5.74) is 1.68. The summed E-state index contributed by atoms with van der Waals surface area (Å²) in [5.74, 6) is 0.207. The van der Waals surface area contributed by atoms with Crippen LogP contribution in [0, 0.1) is 5.92 Å². The molecule has 0 saturated carbocycles. The Balaban J connectivity index is 2.00. The van der Waals surface area contributed by atoms with Crippen LogP contribution in [0.5, 0.6) is 0 Å². The van der Waals surface area contributed by atoms with Crippen molar-refractivity contribution in [3.05, 3.63) is 71.8 Å². The Kier molecular flexibility index (Phi) is 5.55. The summed E-state index contributed by atoms with van der Waals surface area (Å²) in [6.07, 6.45) is 2.96. The molecule has 2 aromatic rings. The zero-order valence-corrected chi connectivity index (χ0v) is 16.7. The number of likely N-dealkylation sites (tertiary alicyclic amines) is 1. The number of unbranched alkanes of at least 4 members (excludes halogenated alkanes) is 1. The monoisotopic (exact) mass is 351 g/mol. The highest BCUT2D eigenvalue weighted by molar-refractivity contribution is 5.31. The van der Waals surface area contributed by atoms with Crippen molar-refractivity contribution < 1.29 is 5.11 Å². The smallest absolute Gasteiger partial charge is 0.0955 e. The van der Waals surface area contributed by atoms with E-state index in [1.54, 1.807) is 0 Å². The van der Waals surface area contributed by atoms with Crippen molar-refractivity contribution in [3.8, 4) is 0 Å². The predicted molar refractivity (Wildman–Crippen MR) is 109 cm³/mol. The van der Waals surface area contributed by atoms with Crippen LogP contribution in [0.25, 0.3) is 0 Å². The summed E-state index contributed by atoms with van der Waals surface area (Å²) in [6, 6.07) is 21.3. The maximum absolute atomic E-state index is 11.9. The highest BCUT2D eigenvalue weighted by Crippen LogP contribution is 2.52. The molecule has 0 radical (unpaired) electrons. The normalized spacial score (nSPS) is 23.3. The highest BCUT2D eigenvalue weighted by atomic mass is 16.3. The number of hydrogen-bond donors (Lipinski definition) is 1. The Labute approximate surface area is 158 Å². The van der Waals surface area contributed by atoms with E-state index in [1.165, 1.54) is 5.56 Å². The SMILES string of the molecule is CCCCC(O)(c1ccccc1)C1CN(C(C)(C)C)C1c1ccccc1. The second-order valence-electron chi connectivity index (χ2n) is 8.68. The van der Waals surface area contributed by atoms with Crippen LogP contribution in [-0.2, 0) is 5.60 Å². The first-order chi connectivity index (χ1) is 12.4. The fourth-order valence-electron chi connectivity index (χ4n) is 4.39. The summed E-state index contributed by atoms with van der Waals surface area (Å²) in [6.45, 7) is 9.94. The Morgan fingerprint density at radius 3 is 2.08 bits per heavy atom. The van der Waals surface area contributed by atoms with Crippen LogP contribution in [0.3, 0.4) is 0 Å². The van der Waals surface area contributed by atoms with Gasteiger partial charge in [-0.1, -0.05) is 80.4 Å². The first kappa shape index (κ1) is 19.1. The van der Waals surface area contributed by atoms with Crippen molar-refractivity contribution >= 4 is 0 Å². The molecule has 2 nitrogen and oxygen atoms in total. The number of hydrogen-bond acceptors (Lipinski definition) is 2. The van der Waals surface area contributed by atoms with Crippen LogP contribution in [0.15, 0.2) is 60.7 Å². The van der Waals surface area contributed by atoms with Gasteiger partial charge in [0.1, 0.15) is 0 Å². The van der Waals surface area contributed by atoms with E-state index < -0.39 is 5.60 Å². The van der Waals surface area contributed by atoms with Crippen molar-refractivity contribution in [3.63, 3.8) is 0 Å². The summed E-state index contributed by atoms with van der Waals surface area (Å²) in [5, 5.41) is 11.9. The lowest BCUT2D eigenvalue weighted by Gasteiger charge is -2.59. The fourth-order valence-corrected chi connectivity index (χ4v) is 4.39. The van der Waals surface area contributed by atoms with Crippen LogP contribution in [0.1, 0.15) is 64.1 Å². The van der Waals surface area contributed by atoms with Gasteiger partial charge in [-0.3, -0.25) is 4.90 Å². The van der Waals surface area contributed by atoms with E-state index in [2.05, 4.69) is 75.1 Å². The van der Waals surface area contributed by atoms with E-state index in [1.807, 2.05) is 18.2 Å². The molecule has 0 amide bonds. The molecule has 0 spiro atoms. The van der Waals surface area contributed by atoms with Crippen molar-refractivity contribution in [1.29, 1.82) is 0 Å². The van der Waals surface area contributed by atoms with Gasteiger partial charge in [0, 0.05) is 24.0 Å². The first-order valence-electron chi connectivity index (χ1n) is 9.97. The van der Waals surface area contributed by atoms with Crippen molar-refractivity contribution in [2.24, 2.45) is 5.92 Å². The van der Waals surface area contributed by atoms with Gasteiger partial charge in [-0.15, -0.1) is 0 Å². The molecule has 0 aliphatic carbocycles. The minimum Gasteiger partial charge on any atom is -0.385 e. The van der Waals surface area contributed by atoms with Crippen LogP contribution >= 0.6 is 0 Å². The molecule has 2 aromatic carbocycles. The Morgan fingerprint density at radius 1 is 0.962 bits per heavy atom. The third-order valence-electron chi connectivity index (χ3n) is 5.91. The first-order valence-corrected chi connectivity index (χ1v) is 9.97. The molecule has 1 aliphatic heterocycles. The number of nitrogens with zero attached hydrogens (tertiary/aromatic N) is 1. The van der Waals surface area contributed by atoms with Crippen molar-refractivity contribution in [1.82, 2.24) is 4.90 Å². The Morgan fingerprint density at radius 2 is 1.54 bits per heavy atom. The van der Waals surface area contributed by atoms with Gasteiger partial charge in [-0.25, -0.2) is 0 Å². The van der Waals surface area contributed by atoms with Crippen LogP contribution in [-0.4, -0.2) is 22.1 Å². The molecular formula is C24H33NO. The topological polar surface area (TPSA) is 23.5 Å². The Hall–Kier alpha value is -1.64. The van der Waals surface area contributed by atoms with Gasteiger partial charge in [0.05, 0.1) is 5.60 Å². The summed E-state index contributed by atoms with van der Waals surface area (Å²) in [7, 11) is 0. The van der Waals surface area contributed by atoms with Gasteiger partial charge in [0.2, 0.25) is 0 Å². The average molecular weight is 352 g/mol. The van der Waals surface area contributed by atoms with Gasteiger partial charge in [-0.2, -0.15) is 0 Å². The van der Waals surface area contributed by atoms with Gasteiger partial charge in [0.25, 0.3) is 0 Å². The van der Waals surface area contributed by atoms with E-state index in [9.17, 15) is 5.11 Å². The van der Waals surface area contributed by atoms with Gasteiger partial charge in [-0.05, 0) is 38.3 Å². The average Bonchev–Trinajstić information content (AvgIpc) is 2.59. The van der Waals surface area contributed by atoms with Gasteiger partial charge < -0.3 is 5.11 Å². The zero-order valence-electron chi connectivity index (χ0n) is 16.7. The third-order valence-corrected chi connectivity index (χ3v) is 5.91. The molecule has 0 aromatic heterocycles. The lowest BCUT2D eigenvalue weighted by Crippen LogP contribution is -2.63. The minimum atomic E-state index is -0.778. The molecule has 1 saturated heterocycles. The van der Waals surface area contributed by atoms with Gasteiger partial charge in [0.15, 0.2) is 0 Å². The molecule has 26 heavy (non-hydrogen) atoms. The lowest BCUT2D eigenvalue weighted by molar-refractivity contribution is -0.164. The predicted octanol–water partition coefficient (Wildman–Crippen LogP) is 5.54. The molecule has 1 aliphatic rings. The van der Waals surface area contributed by atoms with E-state index in [-0.39, 0.29) is 17.5 Å².